The van der Waals surface area contributed by atoms with E-state index in [-0.39, 0.29) is 5.91 Å². The van der Waals surface area contributed by atoms with E-state index >= 15 is 0 Å². The molecule has 18 heavy (non-hydrogen) atoms. The molecule has 0 aliphatic heterocycles. The van der Waals surface area contributed by atoms with Crippen LogP contribution in [0.2, 0.25) is 0 Å². The number of carbonyl (C=O) groups is 1. The Kier molecular flexibility index (Phi) is 5.98. The number of nitrogen functional groups attached to an aromatic ring is 1. The molecule has 0 aromatic heterocycles. The summed E-state index contributed by atoms with van der Waals surface area (Å²) < 4.78 is 0. The number of hydrogen-bond donors (Lipinski definition) is 1. The minimum atomic E-state index is -0.00294. The molecule has 3 heteroatoms. The third-order valence-corrected chi connectivity index (χ3v) is 2.94. The molecule has 3 nitrogen and oxygen atoms in total. The lowest BCUT2D eigenvalue weighted by Gasteiger charge is -2.18. The standard InChI is InChI=1S/C15H22N2O/c1-3-4-5-6-9-12-17(2)15(18)13-10-7-8-11-14(13)16/h3,7-8,10-11H,1,4-6,9,12,16H2,2H3. The molecule has 0 aliphatic carbocycles. The molecule has 0 radical (unpaired) electrons. The predicted molar refractivity (Wildman–Crippen MR) is 76.5 cm³/mol. The van der Waals surface area contributed by atoms with Gasteiger partial charge in [0.25, 0.3) is 5.91 Å². The Bertz CT molecular complexity index is 401. The van der Waals surface area contributed by atoms with Gasteiger partial charge in [-0.15, -0.1) is 6.58 Å². The van der Waals surface area contributed by atoms with E-state index in [1.807, 2.05) is 25.3 Å². The van der Waals surface area contributed by atoms with Crippen LogP contribution in [0.5, 0.6) is 0 Å². The lowest BCUT2D eigenvalue weighted by molar-refractivity contribution is 0.0793. The first-order chi connectivity index (χ1) is 8.66. The molecular formula is C15H22N2O. The van der Waals surface area contributed by atoms with E-state index in [1.54, 1.807) is 17.0 Å². The van der Waals surface area contributed by atoms with Gasteiger partial charge in [0.15, 0.2) is 0 Å². The van der Waals surface area contributed by atoms with E-state index in [9.17, 15) is 4.79 Å². The van der Waals surface area contributed by atoms with Gasteiger partial charge in [0, 0.05) is 19.3 Å². The van der Waals surface area contributed by atoms with Gasteiger partial charge >= 0.3 is 0 Å². The highest BCUT2D eigenvalue weighted by Gasteiger charge is 2.13. The first kappa shape index (κ1) is 14.3. The van der Waals surface area contributed by atoms with Crippen molar-refractivity contribution < 1.29 is 4.79 Å². The summed E-state index contributed by atoms with van der Waals surface area (Å²) in [4.78, 5) is 13.9. The molecule has 0 heterocycles. The number of para-hydroxylation sites is 1. The quantitative estimate of drug-likeness (QED) is 0.456. The number of carbonyl (C=O) groups excluding carboxylic acids is 1. The molecule has 1 amide bonds. The molecule has 2 N–H and O–H groups in total. The maximum Gasteiger partial charge on any atom is 0.255 e. The molecule has 0 unspecified atom stereocenters. The first-order valence-corrected chi connectivity index (χ1v) is 6.37. The van der Waals surface area contributed by atoms with Crippen LogP contribution in [0.25, 0.3) is 0 Å². The molecule has 1 rings (SSSR count). The molecule has 0 aliphatic rings. The third kappa shape index (κ3) is 4.24. The number of nitrogens with zero attached hydrogens (tertiary/aromatic N) is 1. The van der Waals surface area contributed by atoms with Crippen molar-refractivity contribution in [2.24, 2.45) is 0 Å². The van der Waals surface area contributed by atoms with Gasteiger partial charge in [-0.3, -0.25) is 4.79 Å². The number of nitrogens with two attached hydrogens (primary N) is 1. The molecule has 1 aromatic rings. The van der Waals surface area contributed by atoms with Crippen molar-refractivity contribution in [3.8, 4) is 0 Å². The van der Waals surface area contributed by atoms with E-state index in [0.717, 1.165) is 32.2 Å². The summed E-state index contributed by atoms with van der Waals surface area (Å²) in [7, 11) is 1.82. The van der Waals surface area contributed by atoms with E-state index in [0.29, 0.717) is 11.3 Å². The smallest absolute Gasteiger partial charge is 0.255 e. The molecule has 98 valence electrons. The highest BCUT2D eigenvalue weighted by molar-refractivity contribution is 5.98. The predicted octanol–water partition coefficient (Wildman–Crippen LogP) is 3.09. The topological polar surface area (TPSA) is 46.3 Å². The van der Waals surface area contributed by atoms with E-state index in [4.69, 9.17) is 5.73 Å². The second-order valence-corrected chi connectivity index (χ2v) is 4.45. The minimum Gasteiger partial charge on any atom is -0.398 e. The second-order valence-electron chi connectivity index (χ2n) is 4.45. The molecule has 0 saturated carbocycles. The van der Waals surface area contributed by atoms with Gasteiger partial charge in [-0.1, -0.05) is 24.6 Å². The molecular weight excluding hydrogens is 224 g/mol. The summed E-state index contributed by atoms with van der Waals surface area (Å²) in [6, 6.07) is 7.19. The summed E-state index contributed by atoms with van der Waals surface area (Å²) in [5.74, 6) is -0.00294. The lowest BCUT2D eigenvalue weighted by Crippen LogP contribution is -2.28. The summed E-state index contributed by atoms with van der Waals surface area (Å²) >= 11 is 0. The Morgan fingerprint density at radius 3 is 2.72 bits per heavy atom. The molecule has 0 bridgehead atoms. The van der Waals surface area contributed by atoms with Gasteiger partial charge in [-0.2, -0.15) is 0 Å². The Hall–Kier alpha value is -1.77. The molecule has 0 fully saturated rings. The molecule has 0 spiro atoms. The zero-order valence-electron chi connectivity index (χ0n) is 11.1. The van der Waals surface area contributed by atoms with Gasteiger partial charge in [0.2, 0.25) is 0 Å². The van der Waals surface area contributed by atoms with Gasteiger partial charge < -0.3 is 10.6 Å². The number of benzene rings is 1. The normalized spacial score (nSPS) is 10.1. The number of anilines is 1. The Morgan fingerprint density at radius 2 is 2.06 bits per heavy atom. The van der Waals surface area contributed by atoms with Crippen LogP contribution in [0.15, 0.2) is 36.9 Å². The van der Waals surface area contributed by atoms with Gasteiger partial charge in [0.1, 0.15) is 0 Å². The van der Waals surface area contributed by atoms with Crippen molar-refractivity contribution in [2.75, 3.05) is 19.3 Å². The molecule has 0 saturated heterocycles. The summed E-state index contributed by atoms with van der Waals surface area (Å²) in [6.45, 7) is 4.46. The van der Waals surface area contributed by atoms with Crippen LogP contribution < -0.4 is 5.73 Å². The monoisotopic (exact) mass is 246 g/mol. The van der Waals surface area contributed by atoms with Crippen LogP contribution in [-0.2, 0) is 0 Å². The lowest BCUT2D eigenvalue weighted by atomic mass is 10.1. The fraction of sp³-hybridized carbons (Fsp3) is 0.400. The summed E-state index contributed by atoms with van der Waals surface area (Å²) in [5, 5.41) is 0. The van der Waals surface area contributed by atoms with Crippen LogP contribution in [0.3, 0.4) is 0 Å². The highest BCUT2D eigenvalue weighted by Crippen LogP contribution is 2.13. The first-order valence-electron chi connectivity index (χ1n) is 6.37. The average Bonchev–Trinajstić information content (AvgIpc) is 2.38. The fourth-order valence-corrected chi connectivity index (χ4v) is 1.81. The van der Waals surface area contributed by atoms with E-state index < -0.39 is 0 Å². The Labute approximate surface area is 109 Å². The summed E-state index contributed by atoms with van der Waals surface area (Å²) in [6.07, 6.45) is 6.25. The average molecular weight is 246 g/mol. The van der Waals surface area contributed by atoms with Crippen molar-refractivity contribution >= 4 is 11.6 Å². The van der Waals surface area contributed by atoms with Crippen molar-refractivity contribution in [3.05, 3.63) is 42.5 Å². The van der Waals surface area contributed by atoms with Gasteiger partial charge in [-0.25, -0.2) is 0 Å². The van der Waals surface area contributed by atoms with Crippen LogP contribution in [0.1, 0.15) is 36.0 Å². The molecule has 1 aromatic carbocycles. The maximum atomic E-state index is 12.1. The largest absolute Gasteiger partial charge is 0.398 e. The number of rotatable bonds is 7. The van der Waals surface area contributed by atoms with Crippen molar-refractivity contribution in [2.45, 2.75) is 25.7 Å². The van der Waals surface area contributed by atoms with Gasteiger partial charge in [-0.05, 0) is 31.4 Å². The van der Waals surface area contributed by atoms with E-state index in [1.165, 1.54) is 0 Å². The van der Waals surface area contributed by atoms with Crippen LogP contribution in [0, 0.1) is 0 Å². The maximum absolute atomic E-state index is 12.1. The fourth-order valence-electron chi connectivity index (χ4n) is 1.81. The number of amides is 1. The van der Waals surface area contributed by atoms with Crippen molar-refractivity contribution in [1.82, 2.24) is 4.90 Å². The molecule has 0 atom stereocenters. The van der Waals surface area contributed by atoms with Gasteiger partial charge in [0.05, 0.1) is 5.56 Å². The van der Waals surface area contributed by atoms with Crippen LogP contribution >= 0.6 is 0 Å². The van der Waals surface area contributed by atoms with Crippen molar-refractivity contribution in [1.29, 1.82) is 0 Å². The van der Waals surface area contributed by atoms with Crippen LogP contribution in [-0.4, -0.2) is 24.4 Å². The zero-order valence-corrected chi connectivity index (χ0v) is 11.1. The number of allylic oxidation sites excluding steroid dienone is 1. The Morgan fingerprint density at radius 1 is 1.33 bits per heavy atom. The zero-order chi connectivity index (χ0) is 13.4. The number of unbranched alkanes of at least 4 members (excludes halogenated alkanes) is 3. The Balaban J connectivity index is 2.42. The minimum absolute atomic E-state index is 0.00294. The van der Waals surface area contributed by atoms with E-state index in [2.05, 4.69) is 6.58 Å². The van der Waals surface area contributed by atoms with Crippen molar-refractivity contribution in [3.63, 3.8) is 0 Å². The highest BCUT2D eigenvalue weighted by atomic mass is 16.2. The van der Waals surface area contributed by atoms with Crippen LogP contribution in [0.4, 0.5) is 5.69 Å². The number of hydrogen-bond acceptors (Lipinski definition) is 2. The second kappa shape index (κ2) is 7.54. The summed E-state index contributed by atoms with van der Waals surface area (Å²) in [5.41, 5.74) is 6.93. The third-order valence-electron chi connectivity index (χ3n) is 2.94. The SMILES string of the molecule is C=CCCCCCN(C)C(=O)c1ccccc1N.